The van der Waals surface area contributed by atoms with E-state index in [-0.39, 0.29) is 6.61 Å². The molecule has 2 rings (SSSR count). The molecule has 0 atom stereocenters. The van der Waals surface area contributed by atoms with Crippen molar-refractivity contribution in [1.29, 1.82) is 0 Å². The minimum Gasteiger partial charge on any atom is -0.394 e. The average molecular weight is 242 g/mol. The standard InChI is InChI=1S/C10H18N4OS/c1-16-10(2-3-10)8-11-6-9-7-14(4-5-15)13-12-9/h7,11,15H,2-6,8H2,1H3. The first kappa shape index (κ1) is 11.9. The SMILES string of the molecule is CSC1(CNCc2cn(CCO)nn2)CC1. The van der Waals surface area contributed by atoms with E-state index < -0.39 is 0 Å². The van der Waals surface area contributed by atoms with E-state index in [1.165, 1.54) is 12.8 Å². The lowest BCUT2D eigenvalue weighted by Crippen LogP contribution is -2.25. The topological polar surface area (TPSA) is 63.0 Å². The maximum Gasteiger partial charge on any atom is 0.0964 e. The van der Waals surface area contributed by atoms with Crippen LogP contribution < -0.4 is 5.32 Å². The minimum atomic E-state index is 0.103. The Morgan fingerprint density at radius 1 is 1.62 bits per heavy atom. The smallest absolute Gasteiger partial charge is 0.0964 e. The molecule has 0 bridgehead atoms. The van der Waals surface area contributed by atoms with Crippen LogP contribution >= 0.6 is 11.8 Å². The molecule has 1 aromatic heterocycles. The zero-order valence-corrected chi connectivity index (χ0v) is 10.3. The molecule has 0 radical (unpaired) electrons. The van der Waals surface area contributed by atoms with Gasteiger partial charge in [0.2, 0.25) is 0 Å². The van der Waals surface area contributed by atoms with Crippen molar-refractivity contribution in [3.05, 3.63) is 11.9 Å². The van der Waals surface area contributed by atoms with Gasteiger partial charge in [-0.3, -0.25) is 0 Å². The van der Waals surface area contributed by atoms with Crippen LogP contribution in [0.1, 0.15) is 18.5 Å². The van der Waals surface area contributed by atoms with Crippen LogP contribution in [0.4, 0.5) is 0 Å². The van der Waals surface area contributed by atoms with Crippen LogP contribution in [0.5, 0.6) is 0 Å². The van der Waals surface area contributed by atoms with Crippen LogP contribution in [0.15, 0.2) is 6.20 Å². The van der Waals surface area contributed by atoms with Crippen molar-refractivity contribution >= 4 is 11.8 Å². The number of aromatic nitrogens is 3. The summed E-state index contributed by atoms with van der Waals surface area (Å²) < 4.78 is 2.15. The molecule has 1 aliphatic rings. The van der Waals surface area contributed by atoms with Gasteiger partial charge in [0.05, 0.1) is 18.8 Å². The summed E-state index contributed by atoms with van der Waals surface area (Å²) in [5.74, 6) is 0. The third-order valence-corrected chi connectivity index (χ3v) is 4.33. The molecule has 1 heterocycles. The van der Waals surface area contributed by atoms with Gasteiger partial charge in [0.15, 0.2) is 0 Å². The number of aliphatic hydroxyl groups excluding tert-OH is 1. The van der Waals surface area contributed by atoms with Crippen molar-refractivity contribution < 1.29 is 5.11 Å². The highest BCUT2D eigenvalue weighted by Gasteiger charge is 2.41. The van der Waals surface area contributed by atoms with Crippen LogP contribution in [-0.2, 0) is 13.1 Å². The largest absolute Gasteiger partial charge is 0.394 e. The van der Waals surface area contributed by atoms with Gasteiger partial charge >= 0.3 is 0 Å². The summed E-state index contributed by atoms with van der Waals surface area (Å²) in [6.07, 6.45) is 6.69. The Bertz CT molecular complexity index is 337. The normalized spacial score (nSPS) is 17.6. The summed E-state index contributed by atoms with van der Waals surface area (Å²) in [6.45, 7) is 2.42. The Hall–Kier alpha value is -0.590. The third kappa shape index (κ3) is 2.96. The molecule has 0 unspecified atom stereocenters. The summed E-state index contributed by atoms with van der Waals surface area (Å²) in [5, 5.41) is 20.1. The van der Waals surface area contributed by atoms with Crippen LogP contribution in [0.2, 0.25) is 0 Å². The lowest BCUT2D eigenvalue weighted by molar-refractivity contribution is 0.268. The molecular weight excluding hydrogens is 224 g/mol. The second-order valence-electron chi connectivity index (χ2n) is 4.19. The number of hydrogen-bond donors (Lipinski definition) is 2. The van der Waals surface area contributed by atoms with Gasteiger partial charge in [0.25, 0.3) is 0 Å². The molecular formula is C10H18N4OS. The quantitative estimate of drug-likeness (QED) is 0.718. The van der Waals surface area contributed by atoms with Crippen molar-refractivity contribution in [2.24, 2.45) is 0 Å². The number of nitrogens with one attached hydrogen (secondary N) is 1. The maximum absolute atomic E-state index is 8.74. The summed E-state index contributed by atoms with van der Waals surface area (Å²) in [4.78, 5) is 0. The van der Waals surface area contributed by atoms with Crippen molar-refractivity contribution in [3.63, 3.8) is 0 Å². The highest BCUT2D eigenvalue weighted by molar-refractivity contribution is 8.00. The number of aliphatic hydroxyl groups is 1. The molecule has 0 saturated heterocycles. The van der Waals surface area contributed by atoms with E-state index in [0.29, 0.717) is 11.3 Å². The van der Waals surface area contributed by atoms with Gasteiger partial charge in [0, 0.05) is 24.0 Å². The van der Waals surface area contributed by atoms with Gasteiger partial charge in [-0.05, 0) is 19.1 Å². The van der Waals surface area contributed by atoms with Crippen molar-refractivity contribution in [2.45, 2.75) is 30.7 Å². The fourth-order valence-electron chi connectivity index (χ4n) is 1.64. The number of rotatable bonds is 7. The molecule has 16 heavy (non-hydrogen) atoms. The van der Waals surface area contributed by atoms with Crippen LogP contribution in [0, 0.1) is 0 Å². The maximum atomic E-state index is 8.74. The van der Waals surface area contributed by atoms with Crippen LogP contribution in [0.25, 0.3) is 0 Å². The van der Waals surface area contributed by atoms with Crippen LogP contribution in [-0.4, -0.2) is 44.3 Å². The van der Waals surface area contributed by atoms with E-state index in [1.54, 1.807) is 4.68 Å². The van der Waals surface area contributed by atoms with Gasteiger partial charge in [-0.25, -0.2) is 4.68 Å². The fourth-order valence-corrected chi connectivity index (χ4v) is 2.40. The third-order valence-electron chi connectivity index (χ3n) is 2.91. The minimum absolute atomic E-state index is 0.103. The fraction of sp³-hybridized carbons (Fsp3) is 0.800. The van der Waals surface area contributed by atoms with E-state index in [4.69, 9.17) is 5.11 Å². The number of thioether (sulfide) groups is 1. The zero-order valence-electron chi connectivity index (χ0n) is 9.52. The first-order valence-electron chi connectivity index (χ1n) is 5.54. The lowest BCUT2D eigenvalue weighted by atomic mass is 10.4. The molecule has 90 valence electrons. The van der Waals surface area contributed by atoms with Gasteiger partial charge in [-0.1, -0.05) is 5.21 Å². The molecule has 0 spiro atoms. The van der Waals surface area contributed by atoms with Crippen molar-refractivity contribution in [3.8, 4) is 0 Å². The van der Waals surface area contributed by atoms with E-state index in [2.05, 4.69) is 21.9 Å². The summed E-state index contributed by atoms with van der Waals surface area (Å²) in [7, 11) is 0. The number of hydrogen-bond acceptors (Lipinski definition) is 5. The molecule has 6 heteroatoms. The Kier molecular flexibility index (Phi) is 3.83. The van der Waals surface area contributed by atoms with Gasteiger partial charge in [-0.2, -0.15) is 11.8 Å². The molecule has 1 saturated carbocycles. The predicted molar refractivity (Wildman–Crippen MR) is 64.3 cm³/mol. The van der Waals surface area contributed by atoms with E-state index >= 15 is 0 Å². The molecule has 0 aromatic carbocycles. The van der Waals surface area contributed by atoms with Gasteiger partial charge in [-0.15, -0.1) is 5.10 Å². The molecule has 0 amide bonds. The van der Waals surface area contributed by atoms with Gasteiger partial charge in [0.1, 0.15) is 0 Å². The molecule has 1 aliphatic carbocycles. The van der Waals surface area contributed by atoms with Gasteiger partial charge < -0.3 is 10.4 Å². The Labute approximate surface area is 99.6 Å². The second-order valence-corrected chi connectivity index (χ2v) is 5.46. The predicted octanol–water partition coefficient (Wildman–Crippen LogP) is 0.256. The molecule has 2 N–H and O–H groups in total. The van der Waals surface area contributed by atoms with Crippen molar-refractivity contribution in [1.82, 2.24) is 20.3 Å². The summed E-state index contributed by atoms with van der Waals surface area (Å²) in [5.41, 5.74) is 0.936. The second kappa shape index (κ2) is 5.16. The highest BCUT2D eigenvalue weighted by atomic mass is 32.2. The monoisotopic (exact) mass is 242 g/mol. The summed E-state index contributed by atoms with van der Waals surface area (Å²) >= 11 is 1.95. The molecule has 5 nitrogen and oxygen atoms in total. The van der Waals surface area contributed by atoms with Crippen molar-refractivity contribution in [2.75, 3.05) is 19.4 Å². The van der Waals surface area contributed by atoms with Crippen LogP contribution in [0.3, 0.4) is 0 Å². The molecule has 0 aliphatic heterocycles. The lowest BCUT2D eigenvalue weighted by Gasteiger charge is -2.11. The molecule has 1 fully saturated rings. The molecule has 1 aromatic rings. The van der Waals surface area contributed by atoms with E-state index in [1.807, 2.05) is 18.0 Å². The average Bonchev–Trinajstić information content (AvgIpc) is 2.94. The first-order valence-corrected chi connectivity index (χ1v) is 6.76. The van der Waals surface area contributed by atoms with E-state index in [0.717, 1.165) is 18.8 Å². The highest BCUT2D eigenvalue weighted by Crippen LogP contribution is 2.46. The Morgan fingerprint density at radius 3 is 3.06 bits per heavy atom. The first-order chi connectivity index (χ1) is 7.78. The van der Waals surface area contributed by atoms with E-state index in [9.17, 15) is 0 Å². The Morgan fingerprint density at radius 2 is 2.44 bits per heavy atom. The Balaban J connectivity index is 1.72. The zero-order chi connectivity index (χ0) is 11.4. The summed E-state index contributed by atoms with van der Waals surface area (Å²) in [6, 6.07) is 0. The number of nitrogens with zero attached hydrogens (tertiary/aromatic N) is 3.